The van der Waals surface area contributed by atoms with Crippen LogP contribution in [0, 0.1) is 32.1 Å². The summed E-state index contributed by atoms with van der Waals surface area (Å²) in [5.41, 5.74) is 4.69. The highest BCUT2D eigenvalue weighted by molar-refractivity contribution is 5.78. The molecule has 1 heterocycles. The molecule has 0 bridgehead atoms. The number of fused-ring (bicyclic) bond motifs is 1. The Bertz CT molecular complexity index is 573. The van der Waals surface area contributed by atoms with E-state index >= 15 is 0 Å². The molecule has 1 aromatic heterocycles. The first kappa shape index (κ1) is 10.7. The number of nitriles is 1. The summed E-state index contributed by atoms with van der Waals surface area (Å²) >= 11 is 0. The Hall–Kier alpha value is -1.82. The van der Waals surface area contributed by atoms with Crippen LogP contribution < -0.4 is 0 Å². The van der Waals surface area contributed by atoms with Crippen molar-refractivity contribution in [2.75, 3.05) is 0 Å². The van der Waals surface area contributed by atoms with Crippen molar-refractivity contribution in [1.82, 2.24) is 9.55 Å². The summed E-state index contributed by atoms with van der Waals surface area (Å²) in [5, 5.41) is 8.64. The standard InChI is InChI=1S/C13H15N3/c1-9-7-12-13(8-10(9)2)16(6-4-5-14)11(3)15-12/h7-8H,4,6H2,1-3H3. The maximum atomic E-state index is 8.64. The summed E-state index contributed by atoms with van der Waals surface area (Å²) in [6.07, 6.45) is 0.527. The summed E-state index contributed by atoms with van der Waals surface area (Å²) in [6, 6.07) is 6.44. The zero-order valence-corrected chi connectivity index (χ0v) is 9.91. The van der Waals surface area contributed by atoms with Crippen molar-refractivity contribution >= 4 is 11.0 Å². The summed E-state index contributed by atoms with van der Waals surface area (Å²) < 4.78 is 2.12. The van der Waals surface area contributed by atoms with Crippen LogP contribution in [0.15, 0.2) is 12.1 Å². The molecule has 0 fully saturated rings. The molecule has 0 saturated heterocycles. The third-order valence-electron chi connectivity index (χ3n) is 3.00. The van der Waals surface area contributed by atoms with Crippen LogP contribution in [0.2, 0.25) is 0 Å². The number of nitrogens with zero attached hydrogens (tertiary/aromatic N) is 3. The lowest BCUT2D eigenvalue weighted by Crippen LogP contribution is -1.99. The number of aryl methyl sites for hydroxylation is 4. The average molecular weight is 213 g/mol. The number of aromatic nitrogens is 2. The fraction of sp³-hybridized carbons (Fsp3) is 0.385. The number of benzene rings is 1. The molecule has 0 saturated carbocycles. The van der Waals surface area contributed by atoms with Gasteiger partial charge in [0.1, 0.15) is 5.82 Å². The fourth-order valence-corrected chi connectivity index (χ4v) is 1.94. The van der Waals surface area contributed by atoms with E-state index in [1.165, 1.54) is 11.1 Å². The molecule has 0 unspecified atom stereocenters. The van der Waals surface area contributed by atoms with Crippen molar-refractivity contribution in [2.24, 2.45) is 0 Å². The Kier molecular flexibility index (Phi) is 2.66. The van der Waals surface area contributed by atoms with Gasteiger partial charge < -0.3 is 4.57 Å². The van der Waals surface area contributed by atoms with Crippen molar-refractivity contribution in [3.8, 4) is 6.07 Å². The van der Waals surface area contributed by atoms with Crippen LogP contribution in [0.3, 0.4) is 0 Å². The lowest BCUT2D eigenvalue weighted by atomic mass is 10.1. The van der Waals surface area contributed by atoms with E-state index in [-0.39, 0.29) is 0 Å². The van der Waals surface area contributed by atoms with Gasteiger partial charge in [-0.1, -0.05) is 0 Å². The first-order chi connectivity index (χ1) is 7.63. The second-order valence-electron chi connectivity index (χ2n) is 4.14. The SMILES string of the molecule is Cc1cc2nc(C)n(CCC#N)c2cc1C. The van der Waals surface area contributed by atoms with Gasteiger partial charge in [0.2, 0.25) is 0 Å². The molecule has 16 heavy (non-hydrogen) atoms. The number of hydrogen-bond donors (Lipinski definition) is 0. The molecule has 0 N–H and O–H groups in total. The van der Waals surface area contributed by atoms with Gasteiger partial charge in [0.25, 0.3) is 0 Å². The molecule has 82 valence electrons. The monoisotopic (exact) mass is 213 g/mol. The molecule has 0 atom stereocenters. The Morgan fingerprint density at radius 2 is 1.94 bits per heavy atom. The summed E-state index contributed by atoms with van der Waals surface area (Å²) in [6.45, 7) is 6.91. The van der Waals surface area contributed by atoms with Gasteiger partial charge in [0.15, 0.2) is 0 Å². The van der Waals surface area contributed by atoms with E-state index in [4.69, 9.17) is 5.26 Å². The van der Waals surface area contributed by atoms with Crippen molar-refractivity contribution in [3.05, 3.63) is 29.1 Å². The minimum Gasteiger partial charge on any atom is -0.327 e. The van der Waals surface area contributed by atoms with Crippen molar-refractivity contribution in [3.63, 3.8) is 0 Å². The lowest BCUT2D eigenvalue weighted by Gasteiger charge is -2.05. The van der Waals surface area contributed by atoms with Crippen LogP contribution in [0.1, 0.15) is 23.4 Å². The van der Waals surface area contributed by atoms with Gasteiger partial charge in [-0.15, -0.1) is 0 Å². The predicted octanol–water partition coefficient (Wildman–Crippen LogP) is 2.88. The molecule has 2 rings (SSSR count). The highest BCUT2D eigenvalue weighted by Gasteiger charge is 2.08. The summed E-state index contributed by atoms with van der Waals surface area (Å²) in [5.74, 6) is 0.982. The molecule has 1 aromatic carbocycles. The Morgan fingerprint density at radius 3 is 2.62 bits per heavy atom. The predicted molar refractivity (Wildman–Crippen MR) is 64.2 cm³/mol. The summed E-state index contributed by atoms with van der Waals surface area (Å²) in [7, 11) is 0. The highest BCUT2D eigenvalue weighted by Crippen LogP contribution is 2.20. The molecule has 0 aliphatic carbocycles. The van der Waals surface area contributed by atoms with Gasteiger partial charge in [-0.25, -0.2) is 4.98 Å². The Labute approximate surface area is 95.3 Å². The van der Waals surface area contributed by atoms with Gasteiger partial charge >= 0.3 is 0 Å². The topological polar surface area (TPSA) is 41.6 Å². The second-order valence-corrected chi connectivity index (χ2v) is 4.14. The largest absolute Gasteiger partial charge is 0.327 e. The lowest BCUT2D eigenvalue weighted by molar-refractivity contribution is 0.710. The quantitative estimate of drug-likeness (QED) is 0.769. The molecule has 0 aliphatic rings. The van der Waals surface area contributed by atoms with Crippen LogP contribution in [-0.4, -0.2) is 9.55 Å². The highest BCUT2D eigenvalue weighted by atomic mass is 15.1. The molecule has 0 amide bonds. The molecular formula is C13H15N3. The van der Waals surface area contributed by atoms with E-state index in [9.17, 15) is 0 Å². The number of rotatable bonds is 2. The van der Waals surface area contributed by atoms with Crippen LogP contribution in [-0.2, 0) is 6.54 Å². The van der Waals surface area contributed by atoms with Crippen molar-refractivity contribution in [2.45, 2.75) is 33.7 Å². The third-order valence-corrected chi connectivity index (χ3v) is 3.00. The third kappa shape index (κ3) is 1.67. The van der Waals surface area contributed by atoms with E-state index in [1.807, 2.05) is 6.92 Å². The minimum absolute atomic E-state index is 0.527. The molecule has 2 aromatic rings. The van der Waals surface area contributed by atoms with Crippen molar-refractivity contribution < 1.29 is 0 Å². The molecule has 0 aliphatic heterocycles. The van der Waals surface area contributed by atoms with E-state index in [0.717, 1.165) is 23.4 Å². The van der Waals surface area contributed by atoms with Crippen LogP contribution in [0.5, 0.6) is 0 Å². The van der Waals surface area contributed by atoms with Gasteiger partial charge in [0.05, 0.1) is 23.5 Å². The van der Waals surface area contributed by atoms with Gasteiger partial charge in [-0.05, 0) is 44.0 Å². The number of hydrogen-bond acceptors (Lipinski definition) is 2. The van der Waals surface area contributed by atoms with Crippen LogP contribution >= 0.6 is 0 Å². The maximum Gasteiger partial charge on any atom is 0.106 e. The van der Waals surface area contributed by atoms with Gasteiger partial charge in [-0.2, -0.15) is 5.26 Å². The molecule has 3 nitrogen and oxygen atoms in total. The minimum atomic E-state index is 0.527. The molecular weight excluding hydrogens is 198 g/mol. The van der Waals surface area contributed by atoms with Crippen LogP contribution in [0.25, 0.3) is 11.0 Å². The zero-order chi connectivity index (χ0) is 11.7. The van der Waals surface area contributed by atoms with E-state index in [1.54, 1.807) is 0 Å². The smallest absolute Gasteiger partial charge is 0.106 e. The van der Waals surface area contributed by atoms with Gasteiger partial charge in [-0.3, -0.25) is 0 Å². The molecule has 0 spiro atoms. The second kappa shape index (κ2) is 3.97. The normalized spacial score (nSPS) is 10.6. The molecule has 0 radical (unpaired) electrons. The average Bonchev–Trinajstić information content (AvgIpc) is 2.52. The van der Waals surface area contributed by atoms with E-state index < -0.39 is 0 Å². The first-order valence-electron chi connectivity index (χ1n) is 5.44. The number of imidazole rings is 1. The molecule has 3 heteroatoms. The van der Waals surface area contributed by atoms with E-state index in [0.29, 0.717) is 6.42 Å². The zero-order valence-electron chi connectivity index (χ0n) is 9.91. The summed E-state index contributed by atoms with van der Waals surface area (Å²) in [4.78, 5) is 4.52. The van der Waals surface area contributed by atoms with E-state index in [2.05, 4.69) is 41.6 Å². The first-order valence-corrected chi connectivity index (χ1v) is 5.44. The maximum absolute atomic E-state index is 8.64. The van der Waals surface area contributed by atoms with Crippen molar-refractivity contribution in [1.29, 1.82) is 5.26 Å². The Balaban J connectivity index is 2.60. The van der Waals surface area contributed by atoms with Gasteiger partial charge in [0, 0.05) is 6.54 Å². The van der Waals surface area contributed by atoms with Crippen LogP contribution in [0.4, 0.5) is 0 Å². The fourth-order valence-electron chi connectivity index (χ4n) is 1.94. The Morgan fingerprint density at radius 1 is 1.25 bits per heavy atom.